The number of allylic oxidation sites excluding steroid dienone is 2. The fraction of sp³-hybridized carbons (Fsp3) is 0.250. The van der Waals surface area contributed by atoms with Crippen molar-refractivity contribution in [2.24, 2.45) is 0 Å². The zero-order valence-electron chi connectivity index (χ0n) is 12.2. The number of hydrogen-bond acceptors (Lipinski definition) is 1. The van der Waals surface area contributed by atoms with Crippen LogP contribution in [0.15, 0.2) is 72.3 Å². The lowest BCUT2D eigenvalue weighted by atomic mass is 9.83. The van der Waals surface area contributed by atoms with Crippen molar-refractivity contribution in [1.82, 2.24) is 0 Å². The third-order valence-electron chi connectivity index (χ3n) is 4.12. The molecule has 0 aromatic heterocycles. The van der Waals surface area contributed by atoms with Crippen molar-refractivity contribution in [3.63, 3.8) is 0 Å². The van der Waals surface area contributed by atoms with Gasteiger partial charge in [0.25, 0.3) is 0 Å². The molecule has 0 spiro atoms. The second-order valence-electron chi connectivity index (χ2n) is 5.65. The monoisotopic (exact) mass is 276 g/mol. The molecule has 1 heteroatoms. The van der Waals surface area contributed by atoms with Crippen LogP contribution in [0.25, 0.3) is 0 Å². The molecule has 0 saturated carbocycles. The van der Waals surface area contributed by atoms with Crippen LogP contribution in [0.4, 0.5) is 0 Å². The zero-order valence-corrected chi connectivity index (χ0v) is 12.2. The lowest BCUT2D eigenvalue weighted by Crippen LogP contribution is -2.06. The first-order valence-corrected chi connectivity index (χ1v) is 7.68. The maximum Gasteiger partial charge on any atom is 0.155 e. The summed E-state index contributed by atoms with van der Waals surface area (Å²) in [5.74, 6) is 0.480. The highest BCUT2D eigenvalue weighted by Crippen LogP contribution is 2.35. The van der Waals surface area contributed by atoms with Gasteiger partial charge in [-0.05, 0) is 36.5 Å². The van der Waals surface area contributed by atoms with E-state index in [0.29, 0.717) is 6.42 Å². The van der Waals surface area contributed by atoms with Crippen LogP contribution < -0.4 is 0 Å². The predicted octanol–water partition coefficient (Wildman–Crippen LogP) is 4.89. The second-order valence-corrected chi connectivity index (χ2v) is 5.65. The smallest absolute Gasteiger partial charge is 0.155 e. The van der Waals surface area contributed by atoms with Gasteiger partial charge in [0.2, 0.25) is 0 Å². The molecular weight excluding hydrogens is 256 g/mol. The van der Waals surface area contributed by atoms with Crippen molar-refractivity contribution in [2.75, 3.05) is 0 Å². The third-order valence-corrected chi connectivity index (χ3v) is 4.12. The van der Waals surface area contributed by atoms with Gasteiger partial charge in [-0.15, -0.1) is 0 Å². The van der Waals surface area contributed by atoms with Crippen LogP contribution in [0.3, 0.4) is 0 Å². The maximum absolute atomic E-state index is 12.0. The summed E-state index contributed by atoms with van der Waals surface area (Å²) in [7, 11) is 0. The summed E-state index contributed by atoms with van der Waals surface area (Å²) in [6.07, 6.45) is 5.72. The molecule has 1 aliphatic rings. The molecule has 0 aliphatic heterocycles. The van der Waals surface area contributed by atoms with E-state index in [1.165, 1.54) is 16.7 Å². The SMILES string of the molecule is O=C1C=C(C(c2ccccc2)c2ccccc2)CCCC1. The van der Waals surface area contributed by atoms with Gasteiger partial charge in [0.15, 0.2) is 5.78 Å². The molecule has 0 amide bonds. The minimum atomic E-state index is 0.203. The van der Waals surface area contributed by atoms with Crippen molar-refractivity contribution in [3.8, 4) is 0 Å². The van der Waals surface area contributed by atoms with Crippen LogP contribution in [0.5, 0.6) is 0 Å². The normalized spacial score (nSPS) is 15.7. The second kappa shape index (κ2) is 6.53. The largest absolute Gasteiger partial charge is 0.295 e. The van der Waals surface area contributed by atoms with E-state index in [1.807, 2.05) is 18.2 Å². The van der Waals surface area contributed by atoms with Gasteiger partial charge in [-0.3, -0.25) is 4.79 Å². The highest BCUT2D eigenvalue weighted by molar-refractivity contribution is 5.91. The molecular formula is C20H20O. The highest BCUT2D eigenvalue weighted by Gasteiger charge is 2.21. The van der Waals surface area contributed by atoms with Gasteiger partial charge in [0, 0.05) is 12.3 Å². The van der Waals surface area contributed by atoms with Gasteiger partial charge in [-0.1, -0.05) is 66.2 Å². The molecule has 3 rings (SSSR count). The summed E-state index contributed by atoms with van der Waals surface area (Å²) in [6.45, 7) is 0. The Morgan fingerprint density at radius 1 is 0.714 bits per heavy atom. The standard InChI is InChI=1S/C20H20O/c21-19-14-8-7-13-18(15-19)20(16-9-3-1-4-10-16)17-11-5-2-6-12-17/h1-6,9-12,15,20H,7-8,13-14H2. The average Bonchev–Trinajstić information content (AvgIpc) is 2.74. The minimum Gasteiger partial charge on any atom is -0.295 e. The highest BCUT2D eigenvalue weighted by atomic mass is 16.1. The molecule has 21 heavy (non-hydrogen) atoms. The number of benzene rings is 2. The Morgan fingerprint density at radius 2 is 1.24 bits per heavy atom. The number of carbonyl (C=O) groups excluding carboxylic acids is 1. The average molecular weight is 276 g/mol. The minimum absolute atomic E-state index is 0.203. The van der Waals surface area contributed by atoms with E-state index in [4.69, 9.17) is 0 Å². The van der Waals surface area contributed by atoms with E-state index < -0.39 is 0 Å². The Bertz CT molecular complexity index is 586. The quantitative estimate of drug-likeness (QED) is 0.780. The molecule has 106 valence electrons. The molecule has 0 atom stereocenters. The molecule has 0 saturated heterocycles. The van der Waals surface area contributed by atoms with Gasteiger partial charge in [0.05, 0.1) is 0 Å². The van der Waals surface area contributed by atoms with E-state index in [2.05, 4.69) is 48.5 Å². The third kappa shape index (κ3) is 3.30. The van der Waals surface area contributed by atoms with Crippen LogP contribution in [0.2, 0.25) is 0 Å². The lowest BCUT2D eigenvalue weighted by Gasteiger charge is -2.21. The maximum atomic E-state index is 12.0. The van der Waals surface area contributed by atoms with Crippen LogP contribution >= 0.6 is 0 Å². The van der Waals surface area contributed by atoms with Gasteiger partial charge in [0.1, 0.15) is 0 Å². The number of hydrogen-bond donors (Lipinski definition) is 0. The Labute approximate surface area is 126 Å². The van der Waals surface area contributed by atoms with E-state index in [0.717, 1.165) is 19.3 Å². The Balaban J connectivity index is 2.06. The van der Waals surface area contributed by atoms with E-state index in [-0.39, 0.29) is 11.7 Å². The molecule has 0 N–H and O–H groups in total. The summed E-state index contributed by atoms with van der Waals surface area (Å²) < 4.78 is 0. The Morgan fingerprint density at radius 3 is 1.81 bits per heavy atom. The molecule has 0 radical (unpaired) electrons. The van der Waals surface area contributed by atoms with Gasteiger partial charge in [-0.25, -0.2) is 0 Å². The summed E-state index contributed by atoms with van der Waals surface area (Å²) in [5, 5.41) is 0. The van der Waals surface area contributed by atoms with Crippen molar-refractivity contribution < 1.29 is 4.79 Å². The fourth-order valence-corrected chi connectivity index (χ4v) is 3.12. The number of ketones is 1. The first-order valence-electron chi connectivity index (χ1n) is 7.68. The van der Waals surface area contributed by atoms with E-state index in [9.17, 15) is 4.79 Å². The van der Waals surface area contributed by atoms with Gasteiger partial charge >= 0.3 is 0 Å². The first kappa shape index (κ1) is 13.8. The molecule has 1 aliphatic carbocycles. The van der Waals surface area contributed by atoms with Crippen molar-refractivity contribution >= 4 is 5.78 Å². The van der Waals surface area contributed by atoms with Crippen molar-refractivity contribution in [1.29, 1.82) is 0 Å². The molecule has 0 unspecified atom stereocenters. The summed E-state index contributed by atoms with van der Waals surface area (Å²) in [4.78, 5) is 12.0. The van der Waals surface area contributed by atoms with Gasteiger partial charge < -0.3 is 0 Å². The number of carbonyl (C=O) groups is 1. The Kier molecular flexibility index (Phi) is 4.30. The van der Waals surface area contributed by atoms with E-state index in [1.54, 1.807) is 0 Å². The molecule has 1 nitrogen and oxygen atoms in total. The Hall–Kier alpha value is -2.15. The summed E-state index contributed by atoms with van der Waals surface area (Å²) in [5.41, 5.74) is 3.80. The lowest BCUT2D eigenvalue weighted by molar-refractivity contribution is -0.114. The number of rotatable bonds is 3. The van der Waals surface area contributed by atoms with Crippen molar-refractivity contribution in [2.45, 2.75) is 31.6 Å². The molecule has 2 aromatic carbocycles. The van der Waals surface area contributed by atoms with Gasteiger partial charge in [-0.2, -0.15) is 0 Å². The molecule has 2 aromatic rings. The zero-order chi connectivity index (χ0) is 14.5. The summed E-state index contributed by atoms with van der Waals surface area (Å²) >= 11 is 0. The molecule has 0 fully saturated rings. The predicted molar refractivity (Wildman–Crippen MR) is 86.3 cm³/mol. The fourth-order valence-electron chi connectivity index (χ4n) is 3.12. The first-order chi connectivity index (χ1) is 10.3. The van der Waals surface area contributed by atoms with Crippen LogP contribution in [-0.4, -0.2) is 5.78 Å². The summed E-state index contributed by atoms with van der Waals surface area (Å²) in [6, 6.07) is 21.0. The van der Waals surface area contributed by atoms with Crippen LogP contribution in [0.1, 0.15) is 42.7 Å². The van der Waals surface area contributed by atoms with Crippen molar-refractivity contribution in [3.05, 3.63) is 83.4 Å². The molecule has 0 bridgehead atoms. The van der Waals surface area contributed by atoms with Crippen LogP contribution in [-0.2, 0) is 4.79 Å². The topological polar surface area (TPSA) is 17.1 Å². The van der Waals surface area contributed by atoms with E-state index >= 15 is 0 Å². The van der Waals surface area contributed by atoms with Crippen LogP contribution in [0, 0.1) is 0 Å². The molecule has 0 heterocycles.